The molecule has 0 aromatic carbocycles. The first kappa shape index (κ1) is 8.99. The summed E-state index contributed by atoms with van der Waals surface area (Å²) in [5, 5.41) is 9.99. The van der Waals surface area contributed by atoms with Gasteiger partial charge < -0.3 is 10.2 Å². The second-order valence-corrected chi connectivity index (χ2v) is 2.93. The molecule has 0 saturated heterocycles. The van der Waals surface area contributed by atoms with Crippen molar-refractivity contribution in [2.24, 2.45) is 0 Å². The predicted octanol–water partition coefficient (Wildman–Crippen LogP) is 0.151. The van der Waals surface area contributed by atoms with Crippen LogP contribution >= 0.6 is 0 Å². The van der Waals surface area contributed by atoms with Crippen molar-refractivity contribution in [2.45, 2.75) is 13.0 Å². The lowest BCUT2D eigenvalue weighted by Crippen LogP contribution is -2.14. The zero-order chi connectivity index (χ0) is 9.14. The summed E-state index contributed by atoms with van der Waals surface area (Å²) in [7, 11) is 5.72. The molecule has 0 aliphatic carbocycles. The maximum absolute atomic E-state index is 4.28. The standard InChI is InChI=1S/C7H15N5/c1-5(8-2)6-9-7(11-10-6)12(3)4/h5,8H,1-4H3,(H,9,10,11)/t5-/m0/s1. The van der Waals surface area contributed by atoms with Crippen LogP contribution in [0, 0.1) is 0 Å². The first-order valence-electron chi connectivity index (χ1n) is 3.92. The van der Waals surface area contributed by atoms with Gasteiger partial charge in [-0.3, -0.25) is 5.10 Å². The van der Waals surface area contributed by atoms with Crippen LogP contribution in [0.5, 0.6) is 0 Å². The van der Waals surface area contributed by atoms with Gasteiger partial charge in [-0.2, -0.15) is 4.98 Å². The van der Waals surface area contributed by atoms with Crippen molar-refractivity contribution < 1.29 is 0 Å². The average Bonchev–Trinajstić information content (AvgIpc) is 2.51. The fourth-order valence-electron chi connectivity index (χ4n) is 0.795. The van der Waals surface area contributed by atoms with Gasteiger partial charge in [0.15, 0.2) is 0 Å². The van der Waals surface area contributed by atoms with Gasteiger partial charge in [0.2, 0.25) is 5.95 Å². The first-order valence-corrected chi connectivity index (χ1v) is 3.92. The molecular weight excluding hydrogens is 154 g/mol. The monoisotopic (exact) mass is 169 g/mol. The van der Waals surface area contributed by atoms with E-state index < -0.39 is 0 Å². The van der Waals surface area contributed by atoms with Crippen molar-refractivity contribution >= 4 is 5.95 Å². The number of aromatic amines is 1. The third kappa shape index (κ3) is 1.73. The largest absolute Gasteiger partial charge is 0.346 e. The van der Waals surface area contributed by atoms with E-state index in [2.05, 4.69) is 20.5 Å². The highest BCUT2D eigenvalue weighted by Crippen LogP contribution is 2.08. The zero-order valence-corrected chi connectivity index (χ0v) is 7.92. The fourth-order valence-corrected chi connectivity index (χ4v) is 0.795. The van der Waals surface area contributed by atoms with Crippen molar-refractivity contribution in [3.05, 3.63) is 5.82 Å². The van der Waals surface area contributed by atoms with Crippen LogP contribution in [0.15, 0.2) is 0 Å². The molecule has 0 amide bonds. The van der Waals surface area contributed by atoms with Gasteiger partial charge in [0.1, 0.15) is 5.82 Å². The lowest BCUT2D eigenvalue weighted by atomic mass is 10.3. The number of hydrogen-bond acceptors (Lipinski definition) is 4. The maximum Gasteiger partial charge on any atom is 0.244 e. The molecule has 0 fully saturated rings. The topological polar surface area (TPSA) is 56.8 Å². The molecule has 0 aliphatic heterocycles. The summed E-state index contributed by atoms with van der Waals surface area (Å²) in [5.74, 6) is 1.58. The highest BCUT2D eigenvalue weighted by molar-refractivity contribution is 5.25. The summed E-state index contributed by atoms with van der Waals surface area (Å²) in [5.41, 5.74) is 0. The van der Waals surface area contributed by atoms with Gasteiger partial charge in [-0.1, -0.05) is 0 Å². The average molecular weight is 169 g/mol. The third-order valence-corrected chi connectivity index (χ3v) is 1.73. The second-order valence-electron chi connectivity index (χ2n) is 2.93. The molecule has 1 heterocycles. The van der Waals surface area contributed by atoms with Crippen molar-refractivity contribution in [1.29, 1.82) is 0 Å². The SMILES string of the molecule is CN[C@@H](C)c1nc(N(C)C)n[nH]1. The van der Waals surface area contributed by atoms with Crippen molar-refractivity contribution in [3.8, 4) is 0 Å². The third-order valence-electron chi connectivity index (χ3n) is 1.73. The van der Waals surface area contributed by atoms with E-state index in [0.717, 1.165) is 5.82 Å². The Morgan fingerprint density at radius 1 is 1.50 bits per heavy atom. The van der Waals surface area contributed by atoms with Crippen LogP contribution in [-0.2, 0) is 0 Å². The van der Waals surface area contributed by atoms with E-state index in [4.69, 9.17) is 0 Å². The molecule has 0 radical (unpaired) electrons. The Hall–Kier alpha value is -1.10. The molecule has 1 aromatic rings. The Morgan fingerprint density at radius 2 is 2.17 bits per heavy atom. The molecule has 0 aliphatic rings. The Morgan fingerprint density at radius 3 is 2.58 bits per heavy atom. The number of hydrogen-bond donors (Lipinski definition) is 2. The van der Waals surface area contributed by atoms with E-state index in [1.165, 1.54) is 0 Å². The second kappa shape index (κ2) is 3.53. The molecule has 12 heavy (non-hydrogen) atoms. The van der Waals surface area contributed by atoms with Crippen LogP contribution in [0.2, 0.25) is 0 Å². The first-order chi connectivity index (χ1) is 5.65. The van der Waals surface area contributed by atoms with E-state index >= 15 is 0 Å². The molecule has 5 heteroatoms. The van der Waals surface area contributed by atoms with Gasteiger partial charge in [-0.25, -0.2) is 0 Å². The number of anilines is 1. The van der Waals surface area contributed by atoms with Crippen LogP contribution in [0.25, 0.3) is 0 Å². The molecule has 0 bridgehead atoms. The summed E-state index contributed by atoms with van der Waals surface area (Å²) in [6.45, 7) is 2.03. The molecule has 2 N–H and O–H groups in total. The molecule has 1 aromatic heterocycles. The minimum Gasteiger partial charge on any atom is -0.346 e. The summed E-state index contributed by atoms with van der Waals surface area (Å²) >= 11 is 0. The highest BCUT2D eigenvalue weighted by Gasteiger charge is 2.09. The summed E-state index contributed by atoms with van der Waals surface area (Å²) in [6.07, 6.45) is 0. The molecule has 68 valence electrons. The normalized spacial score (nSPS) is 13.0. The van der Waals surface area contributed by atoms with E-state index in [9.17, 15) is 0 Å². The Kier molecular flexibility index (Phi) is 2.65. The van der Waals surface area contributed by atoms with Crippen LogP contribution in [0.1, 0.15) is 18.8 Å². The zero-order valence-electron chi connectivity index (χ0n) is 7.92. The van der Waals surface area contributed by atoms with Gasteiger partial charge in [0.25, 0.3) is 0 Å². The van der Waals surface area contributed by atoms with E-state index in [0.29, 0.717) is 5.95 Å². The summed E-state index contributed by atoms with van der Waals surface area (Å²) < 4.78 is 0. The van der Waals surface area contributed by atoms with Gasteiger partial charge >= 0.3 is 0 Å². The fraction of sp³-hybridized carbons (Fsp3) is 0.714. The highest BCUT2D eigenvalue weighted by atomic mass is 15.3. The van der Waals surface area contributed by atoms with E-state index in [1.54, 1.807) is 0 Å². The van der Waals surface area contributed by atoms with Gasteiger partial charge in [-0.15, -0.1) is 5.10 Å². The number of nitrogens with zero attached hydrogens (tertiary/aromatic N) is 3. The number of H-pyrrole nitrogens is 1. The smallest absolute Gasteiger partial charge is 0.244 e. The molecular formula is C7H15N5. The molecule has 5 nitrogen and oxygen atoms in total. The Labute approximate surface area is 72.2 Å². The van der Waals surface area contributed by atoms with Crippen molar-refractivity contribution in [1.82, 2.24) is 20.5 Å². The van der Waals surface area contributed by atoms with Crippen LogP contribution in [-0.4, -0.2) is 36.3 Å². The molecule has 0 saturated carbocycles. The summed E-state index contributed by atoms with van der Waals surface area (Å²) in [6, 6.07) is 0.214. The predicted molar refractivity (Wildman–Crippen MR) is 48.2 cm³/mol. The van der Waals surface area contributed by atoms with Crippen molar-refractivity contribution in [3.63, 3.8) is 0 Å². The number of aromatic nitrogens is 3. The molecule has 0 unspecified atom stereocenters. The van der Waals surface area contributed by atoms with Gasteiger partial charge in [0, 0.05) is 14.1 Å². The Bertz CT molecular complexity index is 242. The number of nitrogens with one attached hydrogen (secondary N) is 2. The molecule has 1 rings (SSSR count). The van der Waals surface area contributed by atoms with Crippen LogP contribution in [0.3, 0.4) is 0 Å². The van der Waals surface area contributed by atoms with E-state index in [-0.39, 0.29) is 6.04 Å². The van der Waals surface area contributed by atoms with Gasteiger partial charge in [-0.05, 0) is 14.0 Å². The van der Waals surface area contributed by atoms with Gasteiger partial charge in [0.05, 0.1) is 6.04 Å². The minimum absolute atomic E-state index is 0.214. The molecule has 1 atom stereocenters. The van der Waals surface area contributed by atoms with Crippen LogP contribution < -0.4 is 10.2 Å². The quantitative estimate of drug-likeness (QED) is 0.676. The molecule has 0 spiro atoms. The lowest BCUT2D eigenvalue weighted by Gasteiger charge is -2.05. The maximum atomic E-state index is 4.28. The minimum atomic E-state index is 0.214. The van der Waals surface area contributed by atoms with E-state index in [1.807, 2.05) is 33.0 Å². The Balaban J connectivity index is 2.77. The lowest BCUT2D eigenvalue weighted by molar-refractivity contribution is 0.613. The summed E-state index contributed by atoms with van der Waals surface area (Å²) in [4.78, 5) is 6.14. The number of rotatable bonds is 3. The van der Waals surface area contributed by atoms with Crippen LogP contribution in [0.4, 0.5) is 5.95 Å². The van der Waals surface area contributed by atoms with Crippen molar-refractivity contribution in [2.75, 3.05) is 26.0 Å².